The summed E-state index contributed by atoms with van der Waals surface area (Å²) in [6.07, 6.45) is -9.25. The summed E-state index contributed by atoms with van der Waals surface area (Å²) >= 11 is 0. The lowest BCUT2D eigenvalue weighted by Gasteiger charge is -2.46. The normalized spacial score (nSPS) is 23.0. The first-order valence-electron chi connectivity index (χ1n) is 13.5. The van der Waals surface area contributed by atoms with Crippen molar-refractivity contribution in [2.75, 3.05) is 37.7 Å². The van der Waals surface area contributed by atoms with Crippen LogP contribution in [0.15, 0.2) is 36.4 Å². The molecular formula is C28H32F7N3O3S. The minimum Gasteiger partial charge on any atom is -0.355 e. The average molecular weight is 624 g/mol. The molecule has 3 atom stereocenters. The van der Waals surface area contributed by atoms with Gasteiger partial charge in [-0.3, -0.25) is 4.79 Å². The SMILES string of the molecule is Cc1cc(F)ccc1C1C[C@@H](C(=O)NC[C@H](C)c2cc(C(F)(F)F)cc(C(F)(F)F)c2)CCN1N1CCS(=O)(=O)CC1. The quantitative estimate of drug-likeness (QED) is 0.432. The Labute approximate surface area is 239 Å². The Morgan fingerprint density at radius 3 is 2.12 bits per heavy atom. The van der Waals surface area contributed by atoms with Gasteiger partial charge in [0.1, 0.15) is 5.82 Å². The molecule has 0 saturated carbocycles. The first-order valence-corrected chi connectivity index (χ1v) is 15.3. The Morgan fingerprint density at radius 2 is 1.57 bits per heavy atom. The molecule has 2 saturated heterocycles. The van der Waals surface area contributed by atoms with E-state index < -0.39 is 56.9 Å². The van der Waals surface area contributed by atoms with Crippen molar-refractivity contribution in [2.24, 2.45) is 5.92 Å². The summed E-state index contributed by atoms with van der Waals surface area (Å²) < 4.78 is 118. The number of alkyl halides is 6. The third kappa shape index (κ3) is 7.62. The van der Waals surface area contributed by atoms with Crippen molar-refractivity contribution >= 4 is 15.7 Å². The predicted molar refractivity (Wildman–Crippen MR) is 141 cm³/mol. The van der Waals surface area contributed by atoms with E-state index in [1.54, 1.807) is 13.0 Å². The number of hydrogen-bond acceptors (Lipinski definition) is 5. The zero-order chi connectivity index (χ0) is 31.0. The highest BCUT2D eigenvalue weighted by molar-refractivity contribution is 7.91. The lowest BCUT2D eigenvalue weighted by molar-refractivity contribution is -0.143. The van der Waals surface area contributed by atoms with Gasteiger partial charge in [-0.2, -0.15) is 26.3 Å². The highest BCUT2D eigenvalue weighted by Gasteiger charge is 2.39. The predicted octanol–water partition coefficient (Wildman–Crippen LogP) is 5.49. The summed E-state index contributed by atoms with van der Waals surface area (Å²) in [5.41, 5.74) is -1.59. The maximum absolute atomic E-state index is 13.9. The molecule has 2 aromatic rings. The zero-order valence-electron chi connectivity index (χ0n) is 23.0. The van der Waals surface area contributed by atoms with E-state index in [0.717, 1.165) is 5.56 Å². The molecule has 14 heteroatoms. The van der Waals surface area contributed by atoms with Gasteiger partial charge in [-0.05, 0) is 72.7 Å². The summed E-state index contributed by atoms with van der Waals surface area (Å²) in [5, 5.41) is 6.65. The molecule has 1 amide bonds. The van der Waals surface area contributed by atoms with Crippen molar-refractivity contribution in [3.8, 4) is 0 Å². The Kier molecular flexibility index (Phi) is 9.29. The summed E-state index contributed by atoms with van der Waals surface area (Å²) in [6, 6.07) is 5.36. The zero-order valence-corrected chi connectivity index (χ0v) is 23.8. The van der Waals surface area contributed by atoms with Crippen LogP contribution in [-0.4, -0.2) is 62.0 Å². The molecule has 2 aliphatic rings. The number of amides is 1. The van der Waals surface area contributed by atoms with Crippen LogP contribution in [0.4, 0.5) is 30.7 Å². The van der Waals surface area contributed by atoms with Gasteiger partial charge in [0.2, 0.25) is 5.91 Å². The molecule has 0 radical (unpaired) electrons. The molecule has 1 N–H and O–H groups in total. The molecule has 2 aromatic carbocycles. The third-order valence-corrected chi connectivity index (χ3v) is 9.59. The first-order chi connectivity index (χ1) is 19.4. The molecule has 232 valence electrons. The Hall–Kier alpha value is -2.71. The monoisotopic (exact) mass is 623 g/mol. The van der Waals surface area contributed by atoms with Crippen LogP contribution in [0.3, 0.4) is 0 Å². The van der Waals surface area contributed by atoms with Gasteiger partial charge < -0.3 is 5.32 Å². The molecule has 4 rings (SSSR count). The van der Waals surface area contributed by atoms with Gasteiger partial charge in [0.25, 0.3) is 0 Å². The average Bonchev–Trinajstić information content (AvgIpc) is 2.90. The van der Waals surface area contributed by atoms with E-state index in [4.69, 9.17) is 0 Å². The maximum atomic E-state index is 13.9. The Morgan fingerprint density at radius 1 is 0.976 bits per heavy atom. The van der Waals surface area contributed by atoms with E-state index >= 15 is 0 Å². The highest BCUT2D eigenvalue weighted by atomic mass is 32.2. The van der Waals surface area contributed by atoms with Crippen molar-refractivity contribution in [3.63, 3.8) is 0 Å². The standard InChI is InChI=1S/C28H32F7N3O3S/c1-17-11-23(29)3-4-24(17)25-14-19(5-6-38(25)37-7-9-42(40,41)10-8-37)26(39)36-16-18(2)20-12-21(27(30,31)32)15-22(13-20)28(33,34)35/h3-4,11-13,15,18-19,25H,5-10,14,16H2,1-2H3,(H,36,39)/t18-,19-,25?/m0/s1. The van der Waals surface area contributed by atoms with E-state index in [-0.39, 0.29) is 48.8 Å². The second-order valence-corrected chi connectivity index (χ2v) is 13.3. The minimum absolute atomic E-state index is 0.00792. The molecule has 42 heavy (non-hydrogen) atoms. The highest BCUT2D eigenvalue weighted by Crippen LogP contribution is 2.39. The van der Waals surface area contributed by atoms with Crippen molar-refractivity contribution < 1.29 is 43.9 Å². The first kappa shape index (κ1) is 32.2. The second kappa shape index (κ2) is 12.1. The fraction of sp³-hybridized carbons (Fsp3) is 0.536. The van der Waals surface area contributed by atoms with Crippen LogP contribution in [-0.2, 0) is 27.0 Å². The van der Waals surface area contributed by atoms with E-state index in [1.807, 2.05) is 10.0 Å². The number of carbonyl (C=O) groups excluding carboxylic acids is 1. The van der Waals surface area contributed by atoms with Gasteiger partial charge in [0.05, 0.1) is 28.7 Å². The number of piperidine rings is 1. The molecule has 0 bridgehead atoms. The Bertz CT molecular complexity index is 1370. The van der Waals surface area contributed by atoms with Crippen LogP contribution >= 0.6 is 0 Å². The fourth-order valence-electron chi connectivity index (χ4n) is 5.57. The maximum Gasteiger partial charge on any atom is 0.416 e. The van der Waals surface area contributed by atoms with Crippen LogP contribution in [0.25, 0.3) is 0 Å². The third-order valence-electron chi connectivity index (χ3n) is 7.98. The summed E-state index contributed by atoms with van der Waals surface area (Å²) in [7, 11) is -3.14. The molecule has 0 aliphatic carbocycles. The van der Waals surface area contributed by atoms with Crippen molar-refractivity contribution in [1.29, 1.82) is 0 Å². The lowest BCUT2D eigenvalue weighted by Crippen LogP contribution is -2.55. The second-order valence-electron chi connectivity index (χ2n) is 11.0. The van der Waals surface area contributed by atoms with Gasteiger partial charge in [-0.1, -0.05) is 13.0 Å². The Balaban J connectivity index is 1.50. The minimum atomic E-state index is -4.97. The van der Waals surface area contributed by atoms with Crippen molar-refractivity contribution in [1.82, 2.24) is 15.3 Å². The number of hydrogen-bond donors (Lipinski definition) is 1. The van der Waals surface area contributed by atoms with E-state index in [0.29, 0.717) is 37.1 Å². The summed E-state index contributed by atoms with van der Waals surface area (Å²) in [6.45, 7) is 3.97. The molecule has 6 nitrogen and oxygen atoms in total. The number of rotatable bonds is 6. The topological polar surface area (TPSA) is 69.7 Å². The number of nitrogens with zero attached hydrogens (tertiary/aromatic N) is 2. The van der Waals surface area contributed by atoms with Crippen LogP contribution < -0.4 is 5.32 Å². The fourth-order valence-corrected chi connectivity index (χ4v) is 6.75. The van der Waals surface area contributed by atoms with Crippen LogP contribution in [0.5, 0.6) is 0 Å². The van der Waals surface area contributed by atoms with Gasteiger partial charge in [0.15, 0.2) is 9.84 Å². The van der Waals surface area contributed by atoms with Crippen LogP contribution in [0.1, 0.15) is 59.5 Å². The number of halogens is 7. The summed E-state index contributed by atoms with van der Waals surface area (Å²) in [4.78, 5) is 13.2. The van der Waals surface area contributed by atoms with Crippen LogP contribution in [0, 0.1) is 18.7 Å². The van der Waals surface area contributed by atoms with E-state index in [2.05, 4.69) is 5.32 Å². The number of carbonyl (C=O) groups is 1. The van der Waals surface area contributed by atoms with Crippen molar-refractivity contribution in [3.05, 3.63) is 70.0 Å². The van der Waals surface area contributed by atoms with Gasteiger partial charge >= 0.3 is 12.4 Å². The number of nitrogens with one attached hydrogen (secondary N) is 1. The molecular weight excluding hydrogens is 591 g/mol. The van der Waals surface area contributed by atoms with E-state index in [9.17, 15) is 43.9 Å². The summed E-state index contributed by atoms with van der Waals surface area (Å²) in [5.74, 6) is -2.21. The molecule has 2 heterocycles. The molecule has 2 fully saturated rings. The van der Waals surface area contributed by atoms with E-state index in [1.165, 1.54) is 19.1 Å². The number of hydrazine groups is 1. The molecule has 1 unspecified atom stereocenters. The molecule has 2 aliphatic heterocycles. The number of sulfone groups is 1. The number of aryl methyl sites for hydroxylation is 1. The van der Waals surface area contributed by atoms with Gasteiger partial charge in [-0.25, -0.2) is 22.8 Å². The molecule has 0 aromatic heterocycles. The lowest BCUT2D eigenvalue weighted by atomic mass is 9.85. The largest absolute Gasteiger partial charge is 0.416 e. The smallest absolute Gasteiger partial charge is 0.355 e. The number of benzene rings is 2. The van der Waals surface area contributed by atoms with Crippen molar-refractivity contribution in [2.45, 2.75) is 51.0 Å². The van der Waals surface area contributed by atoms with Gasteiger partial charge in [0, 0.05) is 32.1 Å². The van der Waals surface area contributed by atoms with Gasteiger partial charge in [-0.15, -0.1) is 0 Å². The molecule has 0 spiro atoms. The van der Waals surface area contributed by atoms with Crippen LogP contribution in [0.2, 0.25) is 0 Å².